The van der Waals surface area contributed by atoms with Gasteiger partial charge in [-0.3, -0.25) is 4.99 Å². The highest BCUT2D eigenvalue weighted by atomic mass is 127. The number of hydrogen-bond donors (Lipinski definition) is 2. The fourth-order valence-electron chi connectivity index (χ4n) is 3.90. The zero-order valence-corrected chi connectivity index (χ0v) is 18.5. The van der Waals surface area contributed by atoms with Crippen LogP contribution in [0.1, 0.15) is 39.0 Å². The van der Waals surface area contributed by atoms with Gasteiger partial charge in [0.1, 0.15) is 0 Å². The molecule has 1 heterocycles. The normalized spacial score (nSPS) is 33.1. The van der Waals surface area contributed by atoms with E-state index in [1.165, 1.54) is 25.7 Å². The molecular weight excluding hydrogens is 439 g/mol. The molecule has 8 heteroatoms. The van der Waals surface area contributed by atoms with Crippen LogP contribution in [-0.2, 0) is 9.84 Å². The van der Waals surface area contributed by atoms with E-state index in [-0.39, 0.29) is 47.1 Å². The minimum absolute atomic E-state index is 0. The van der Waals surface area contributed by atoms with Crippen molar-refractivity contribution in [1.29, 1.82) is 0 Å². The predicted octanol–water partition coefficient (Wildman–Crippen LogP) is 1.47. The quantitative estimate of drug-likeness (QED) is 0.368. The molecule has 3 atom stereocenters. The number of nitrogens with zero attached hydrogens (tertiary/aromatic N) is 2. The molecule has 0 aromatic carbocycles. The SMILES string of the molecule is CN=C(NCC1(N(C)C)CCCC(C)C1)NC1CCS(=O)(=O)C1.I. The fraction of sp³-hybridized carbons (Fsp3) is 0.938. The Bertz CT molecular complexity index is 538. The molecule has 24 heavy (non-hydrogen) atoms. The summed E-state index contributed by atoms with van der Waals surface area (Å²) in [7, 11) is 3.17. The van der Waals surface area contributed by atoms with E-state index in [4.69, 9.17) is 0 Å². The van der Waals surface area contributed by atoms with Crippen molar-refractivity contribution < 1.29 is 8.42 Å². The van der Waals surface area contributed by atoms with Gasteiger partial charge in [0.15, 0.2) is 15.8 Å². The Morgan fingerprint density at radius 2 is 2.04 bits per heavy atom. The first-order chi connectivity index (χ1) is 10.8. The second-order valence-corrected chi connectivity index (χ2v) is 9.72. The van der Waals surface area contributed by atoms with Gasteiger partial charge in [0.2, 0.25) is 0 Å². The maximum Gasteiger partial charge on any atom is 0.191 e. The topological polar surface area (TPSA) is 73.8 Å². The molecule has 6 nitrogen and oxygen atoms in total. The van der Waals surface area contributed by atoms with Crippen LogP contribution in [0.4, 0.5) is 0 Å². The van der Waals surface area contributed by atoms with Crippen molar-refractivity contribution >= 4 is 39.8 Å². The van der Waals surface area contributed by atoms with Crippen molar-refractivity contribution in [2.24, 2.45) is 10.9 Å². The van der Waals surface area contributed by atoms with Gasteiger partial charge in [-0.15, -0.1) is 24.0 Å². The van der Waals surface area contributed by atoms with Crippen LogP contribution in [0.2, 0.25) is 0 Å². The van der Waals surface area contributed by atoms with Crippen LogP contribution >= 0.6 is 24.0 Å². The molecule has 0 radical (unpaired) electrons. The zero-order chi connectivity index (χ0) is 17.1. The molecule has 3 unspecified atom stereocenters. The maximum absolute atomic E-state index is 11.6. The van der Waals surface area contributed by atoms with Crippen molar-refractivity contribution in [3.63, 3.8) is 0 Å². The fourth-order valence-corrected chi connectivity index (χ4v) is 5.58. The van der Waals surface area contributed by atoms with Gasteiger partial charge in [-0.05, 0) is 39.3 Å². The number of rotatable bonds is 4. The van der Waals surface area contributed by atoms with Crippen LogP contribution in [0.3, 0.4) is 0 Å². The number of nitrogens with one attached hydrogen (secondary N) is 2. The van der Waals surface area contributed by atoms with Crippen LogP contribution < -0.4 is 10.6 Å². The van der Waals surface area contributed by atoms with E-state index >= 15 is 0 Å². The van der Waals surface area contributed by atoms with E-state index < -0.39 is 9.84 Å². The van der Waals surface area contributed by atoms with E-state index in [0.717, 1.165) is 12.5 Å². The molecule has 1 aliphatic heterocycles. The summed E-state index contributed by atoms with van der Waals surface area (Å²) in [5.41, 5.74) is 0.150. The van der Waals surface area contributed by atoms with Gasteiger partial charge in [0, 0.05) is 25.2 Å². The second kappa shape index (κ2) is 9.02. The van der Waals surface area contributed by atoms with Gasteiger partial charge in [0.25, 0.3) is 0 Å². The van der Waals surface area contributed by atoms with Crippen LogP contribution in [0, 0.1) is 5.92 Å². The van der Waals surface area contributed by atoms with Gasteiger partial charge >= 0.3 is 0 Å². The predicted molar refractivity (Wildman–Crippen MR) is 111 cm³/mol. The molecule has 2 rings (SSSR count). The third kappa shape index (κ3) is 5.72. The van der Waals surface area contributed by atoms with E-state index in [1.54, 1.807) is 7.05 Å². The Kier molecular flexibility index (Phi) is 8.25. The molecule has 0 bridgehead atoms. The third-order valence-electron chi connectivity index (χ3n) is 5.40. The van der Waals surface area contributed by atoms with Gasteiger partial charge in [0.05, 0.1) is 11.5 Å². The number of sulfone groups is 1. The maximum atomic E-state index is 11.6. The van der Waals surface area contributed by atoms with Gasteiger partial charge in [-0.2, -0.15) is 0 Å². The minimum atomic E-state index is -2.87. The Labute approximate surface area is 164 Å². The summed E-state index contributed by atoms with van der Waals surface area (Å²) in [5, 5.41) is 6.71. The van der Waals surface area contributed by atoms with Crippen molar-refractivity contribution in [2.75, 3.05) is 39.2 Å². The molecule has 142 valence electrons. The largest absolute Gasteiger partial charge is 0.355 e. The summed E-state index contributed by atoms with van der Waals surface area (Å²) >= 11 is 0. The number of likely N-dealkylation sites (N-methyl/N-ethyl adjacent to an activating group) is 1. The summed E-state index contributed by atoms with van der Waals surface area (Å²) in [6.45, 7) is 3.16. The number of hydrogen-bond acceptors (Lipinski definition) is 4. The van der Waals surface area contributed by atoms with Crippen molar-refractivity contribution in [3.8, 4) is 0 Å². The molecule has 2 aliphatic rings. The lowest BCUT2D eigenvalue weighted by molar-refractivity contribution is 0.0795. The lowest BCUT2D eigenvalue weighted by Crippen LogP contribution is -2.57. The first kappa shape index (κ1) is 22.0. The lowest BCUT2D eigenvalue weighted by atomic mass is 9.75. The Balaban J connectivity index is 0.00000288. The highest BCUT2D eigenvalue weighted by Crippen LogP contribution is 2.35. The summed E-state index contributed by atoms with van der Waals surface area (Å²) in [5.74, 6) is 1.94. The van der Waals surface area contributed by atoms with Gasteiger partial charge in [-0.25, -0.2) is 8.42 Å². The zero-order valence-electron chi connectivity index (χ0n) is 15.3. The van der Waals surface area contributed by atoms with Crippen molar-refractivity contribution in [2.45, 2.75) is 50.6 Å². The summed E-state index contributed by atoms with van der Waals surface area (Å²) in [6.07, 6.45) is 5.60. The number of aliphatic imine (C=N–C) groups is 1. The molecule has 2 N–H and O–H groups in total. The first-order valence-corrected chi connectivity index (χ1v) is 10.4. The summed E-state index contributed by atoms with van der Waals surface area (Å²) < 4.78 is 23.2. The monoisotopic (exact) mass is 472 g/mol. The molecule has 1 saturated heterocycles. The van der Waals surface area contributed by atoms with Crippen LogP contribution in [0.5, 0.6) is 0 Å². The average Bonchev–Trinajstić information content (AvgIpc) is 2.82. The van der Waals surface area contributed by atoms with E-state index in [0.29, 0.717) is 12.4 Å². The molecule has 1 saturated carbocycles. The van der Waals surface area contributed by atoms with Crippen LogP contribution in [0.15, 0.2) is 4.99 Å². The molecule has 0 amide bonds. The molecule has 1 aliphatic carbocycles. The standard InChI is InChI=1S/C16H32N4O2S.HI/c1-13-6-5-8-16(10-13,20(3)4)12-18-15(17-2)19-14-7-9-23(21,22)11-14;/h13-14H,5-12H2,1-4H3,(H2,17,18,19);1H. The van der Waals surface area contributed by atoms with E-state index in [2.05, 4.69) is 41.5 Å². The summed E-state index contributed by atoms with van der Waals surface area (Å²) in [6, 6.07) is -0.0215. The van der Waals surface area contributed by atoms with E-state index in [1.807, 2.05) is 0 Å². The first-order valence-electron chi connectivity index (χ1n) is 8.61. The highest BCUT2D eigenvalue weighted by Gasteiger charge is 2.37. The van der Waals surface area contributed by atoms with Crippen molar-refractivity contribution in [1.82, 2.24) is 15.5 Å². The van der Waals surface area contributed by atoms with Crippen molar-refractivity contribution in [3.05, 3.63) is 0 Å². The summed E-state index contributed by atoms with van der Waals surface area (Å²) in [4.78, 5) is 6.61. The number of guanidine groups is 1. The smallest absolute Gasteiger partial charge is 0.191 e. The van der Waals surface area contributed by atoms with E-state index in [9.17, 15) is 8.42 Å². The molecule has 0 spiro atoms. The Hall–Kier alpha value is -0.0900. The van der Waals surface area contributed by atoms with Gasteiger partial charge in [-0.1, -0.05) is 19.8 Å². The molecule has 0 aromatic rings. The third-order valence-corrected chi connectivity index (χ3v) is 7.17. The van der Waals surface area contributed by atoms with Crippen LogP contribution in [-0.4, -0.2) is 70.1 Å². The lowest BCUT2D eigenvalue weighted by Gasteiger charge is -2.45. The average molecular weight is 472 g/mol. The Morgan fingerprint density at radius 3 is 2.54 bits per heavy atom. The van der Waals surface area contributed by atoms with Gasteiger partial charge < -0.3 is 15.5 Å². The Morgan fingerprint density at radius 1 is 1.33 bits per heavy atom. The van der Waals surface area contributed by atoms with Crippen LogP contribution in [0.25, 0.3) is 0 Å². The second-order valence-electron chi connectivity index (χ2n) is 7.49. The molecule has 0 aromatic heterocycles. The minimum Gasteiger partial charge on any atom is -0.355 e. The molecule has 2 fully saturated rings. The molecular formula is C16H33IN4O2S. The number of halogens is 1. The highest BCUT2D eigenvalue weighted by molar-refractivity contribution is 14.0.